The van der Waals surface area contributed by atoms with Gasteiger partial charge in [0.2, 0.25) is 15.9 Å². The Morgan fingerprint density at radius 3 is 2.54 bits per heavy atom. The molecule has 7 heteroatoms. The number of nitrogens with zero attached hydrogens (tertiary/aromatic N) is 1. The normalized spacial score (nSPS) is 18.0. The number of aryl methyl sites for hydroxylation is 1. The Bertz CT molecular complexity index is 864. The molecule has 1 aliphatic rings. The van der Waals surface area contributed by atoms with Crippen molar-refractivity contribution in [2.24, 2.45) is 0 Å². The van der Waals surface area contributed by atoms with Crippen LogP contribution in [-0.4, -0.2) is 26.3 Å². The summed E-state index contributed by atoms with van der Waals surface area (Å²) in [6, 6.07) is 15.0. The molecule has 1 N–H and O–H groups in total. The second kappa shape index (κ2) is 6.49. The van der Waals surface area contributed by atoms with Gasteiger partial charge in [0, 0.05) is 11.4 Å². The lowest BCUT2D eigenvalue weighted by molar-refractivity contribution is -0.115. The van der Waals surface area contributed by atoms with Gasteiger partial charge < -0.3 is 0 Å². The van der Waals surface area contributed by atoms with Gasteiger partial charge in [0.25, 0.3) is 0 Å². The summed E-state index contributed by atoms with van der Waals surface area (Å²) in [5.74, 6) is 0.456. The fourth-order valence-corrected chi connectivity index (χ4v) is 4.35. The maximum atomic E-state index is 12.4. The second-order valence-corrected chi connectivity index (χ2v) is 8.58. The van der Waals surface area contributed by atoms with Crippen LogP contribution >= 0.6 is 11.8 Å². The molecule has 5 nitrogen and oxygen atoms in total. The zero-order valence-electron chi connectivity index (χ0n) is 13.4. The van der Waals surface area contributed by atoms with Crippen LogP contribution < -0.4 is 9.62 Å². The maximum Gasteiger partial charge on any atom is 0.238 e. The second-order valence-electron chi connectivity index (χ2n) is 5.76. The van der Waals surface area contributed by atoms with E-state index in [9.17, 15) is 13.2 Å². The minimum atomic E-state index is -3.34. The van der Waals surface area contributed by atoms with E-state index >= 15 is 0 Å². The summed E-state index contributed by atoms with van der Waals surface area (Å²) in [6.45, 7) is 2.00. The minimum absolute atomic E-state index is 0.0512. The summed E-state index contributed by atoms with van der Waals surface area (Å²) >= 11 is 1.54. The molecule has 0 radical (unpaired) electrons. The Hall–Kier alpha value is -1.99. The Morgan fingerprint density at radius 2 is 1.88 bits per heavy atom. The molecule has 126 valence electrons. The molecule has 0 saturated carbocycles. The van der Waals surface area contributed by atoms with Gasteiger partial charge in [0.1, 0.15) is 5.37 Å². The molecule has 0 bridgehead atoms. The van der Waals surface area contributed by atoms with Crippen LogP contribution in [0.1, 0.15) is 16.5 Å². The third kappa shape index (κ3) is 3.73. The predicted octanol–water partition coefficient (Wildman–Crippen LogP) is 3.15. The molecular formula is C17H18N2O3S2. The number of carbonyl (C=O) groups is 1. The van der Waals surface area contributed by atoms with Gasteiger partial charge >= 0.3 is 0 Å². The number of thioether (sulfide) groups is 1. The Balaban J connectivity index is 1.94. The molecule has 24 heavy (non-hydrogen) atoms. The lowest BCUT2D eigenvalue weighted by Gasteiger charge is -2.25. The third-order valence-corrected chi connectivity index (χ3v) is 5.47. The number of sulfonamides is 1. The quantitative estimate of drug-likeness (QED) is 0.907. The van der Waals surface area contributed by atoms with E-state index in [4.69, 9.17) is 0 Å². The van der Waals surface area contributed by atoms with E-state index in [2.05, 4.69) is 4.72 Å². The highest BCUT2D eigenvalue weighted by atomic mass is 32.2. The van der Waals surface area contributed by atoms with Crippen molar-refractivity contribution in [3.8, 4) is 0 Å². The first-order valence-corrected chi connectivity index (χ1v) is 10.4. The monoisotopic (exact) mass is 362 g/mol. The van der Waals surface area contributed by atoms with Gasteiger partial charge in [-0.15, -0.1) is 11.8 Å². The SMILES string of the molecule is Cc1ccc(N2C(=O)CSC2c2cccc(NS(C)(=O)=O)c2)cc1. The van der Waals surface area contributed by atoms with Crippen LogP contribution in [0.2, 0.25) is 0 Å². The number of carbonyl (C=O) groups excluding carboxylic acids is 1. The molecule has 1 heterocycles. The molecule has 1 saturated heterocycles. The van der Waals surface area contributed by atoms with E-state index in [0.29, 0.717) is 11.4 Å². The predicted molar refractivity (Wildman–Crippen MR) is 98.8 cm³/mol. The molecule has 1 atom stereocenters. The molecule has 1 aliphatic heterocycles. The molecule has 0 aliphatic carbocycles. The van der Waals surface area contributed by atoms with Gasteiger partial charge in [-0.05, 0) is 36.8 Å². The lowest BCUT2D eigenvalue weighted by Crippen LogP contribution is -2.27. The summed E-state index contributed by atoms with van der Waals surface area (Å²) in [4.78, 5) is 14.1. The molecule has 1 fully saturated rings. The molecule has 3 rings (SSSR count). The number of nitrogens with one attached hydrogen (secondary N) is 1. The number of amides is 1. The van der Waals surface area contributed by atoms with Crippen LogP contribution in [0.15, 0.2) is 48.5 Å². The number of anilines is 2. The zero-order chi connectivity index (χ0) is 17.3. The van der Waals surface area contributed by atoms with Crippen molar-refractivity contribution < 1.29 is 13.2 Å². The molecule has 2 aromatic rings. The van der Waals surface area contributed by atoms with Crippen molar-refractivity contribution in [1.29, 1.82) is 0 Å². The van der Waals surface area contributed by atoms with E-state index in [0.717, 1.165) is 23.1 Å². The Labute approximate surface area is 146 Å². The van der Waals surface area contributed by atoms with Gasteiger partial charge in [-0.25, -0.2) is 8.42 Å². The zero-order valence-corrected chi connectivity index (χ0v) is 15.0. The molecule has 0 aromatic heterocycles. The number of benzene rings is 2. The van der Waals surface area contributed by atoms with Crippen LogP contribution in [0.4, 0.5) is 11.4 Å². The fraction of sp³-hybridized carbons (Fsp3) is 0.235. The van der Waals surface area contributed by atoms with Crippen LogP contribution in [0.3, 0.4) is 0 Å². The van der Waals surface area contributed by atoms with Crippen LogP contribution in [0.5, 0.6) is 0 Å². The third-order valence-electron chi connectivity index (χ3n) is 3.66. The van der Waals surface area contributed by atoms with Crippen molar-refractivity contribution in [3.05, 3.63) is 59.7 Å². The highest BCUT2D eigenvalue weighted by molar-refractivity contribution is 8.00. The number of hydrogen-bond donors (Lipinski definition) is 1. The lowest BCUT2D eigenvalue weighted by atomic mass is 10.1. The maximum absolute atomic E-state index is 12.4. The first kappa shape index (κ1) is 16.9. The summed E-state index contributed by atoms with van der Waals surface area (Å²) in [5.41, 5.74) is 3.37. The molecule has 1 unspecified atom stereocenters. The van der Waals surface area contributed by atoms with Crippen molar-refractivity contribution in [2.75, 3.05) is 21.6 Å². The highest BCUT2D eigenvalue weighted by Gasteiger charge is 2.34. The van der Waals surface area contributed by atoms with Gasteiger partial charge in [-0.2, -0.15) is 0 Å². The molecule has 0 spiro atoms. The summed E-state index contributed by atoms with van der Waals surface area (Å²) in [7, 11) is -3.34. The fourth-order valence-electron chi connectivity index (χ4n) is 2.62. The average molecular weight is 362 g/mol. The van der Waals surface area contributed by atoms with Gasteiger partial charge in [0.05, 0.1) is 12.0 Å². The van der Waals surface area contributed by atoms with Gasteiger partial charge in [-0.3, -0.25) is 14.4 Å². The molecular weight excluding hydrogens is 344 g/mol. The first-order chi connectivity index (χ1) is 11.3. The van der Waals surface area contributed by atoms with E-state index in [1.165, 1.54) is 11.8 Å². The topological polar surface area (TPSA) is 66.5 Å². The van der Waals surface area contributed by atoms with E-state index in [1.54, 1.807) is 23.1 Å². The summed E-state index contributed by atoms with van der Waals surface area (Å²) < 4.78 is 25.3. The Morgan fingerprint density at radius 1 is 1.17 bits per heavy atom. The molecule has 2 aromatic carbocycles. The van der Waals surface area contributed by atoms with E-state index < -0.39 is 10.0 Å². The number of rotatable bonds is 4. The van der Waals surface area contributed by atoms with Crippen molar-refractivity contribution in [2.45, 2.75) is 12.3 Å². The van der Waals surface area contributed by atoms with Crippen LogP contribution in [0, 0.1) is 6.92 Å². The van der Waals surface area contributed by atoms with Crippen LogP contribution in [0.25, 0.3) is 0 Å². The largest absolute Gasteiger partial charge is 0.295 e. The molecule has 1 amide bonds. The number of hydrogen-bond acceptors (Lipinski definition) is 4. The van der Waals surface area contributed by atoms with Gasteiger partial charge in [0.15, 0.2) is 0 Å². The van der Waals surface area contributed by atoms with E-state index in [1.807, 2.05) is 37.3 Å². The van der Waals surface area contributed by atoms with E-state index in [-0.39, 0.29) is 11.3 Å². The van der Waals surface area contributed by atoms with Crippen molar-refractivity contribution in [3.63, 3.8) is 0 Å². The van der Waals surface area contributed by atoms with Crippen molar-refractivity contribution >= 4 is 39.1 Å². The van der Waals surface area contributed by atoms with Crippen LogP contribution in [-0.2, 0) is 14.8 Å². The average Bonchev–Trinajstić information content (AvgIpc) is 2.88. The summed E-state index contributed by atoms with van der Waals surface area (Å²) in [5, 5.41) is -0.165. The Kier molecular flexibility index (Phi) is 4.56. The standard InChI is InChI=1S/C17H18N2O3S2/c1-12-6-8-15(9-7-12)19-16(20)11-23-17(19)13-4-3-5-14(10-13)18-24(2,21)22/h3-10,17-18H,11H2,1-2H3. The van der Waals surface area contributed by atoms with Gasteiger partial charge in [-0.1, -0.05) is 29.8 Å². The minimum Gasteiger partial charge on any atom is -0.295 e. The first-order valence-electron chi connectivity index (χ1n) is 7.41. The highest BCUT2D eigenvalue weighted by Crippen LogP contribution is 2.42. The smallest absolute Gasteiger partial charge is 0.238 e. The summed E-state index contributed by atoms with van der Waals surface area (Å²) in [6.07, 6.45) is 1.12. The van der Waals surface area contributed by atoms with Crippen molar-refractivity contribution in [1.82, 2.24) is 0 Å².